The van der Waals surface area contributed by atoms with E-state index in [1.807, 2.05) is 19.9 Å². The molecule has 2 aliphatic heterocycles. The molecule has 0 spiro atoms. The molecule has 2 fully saturated rings. The quantitative estimate of drug-likeness (QED) is 0.868. The highest BCUT2D eigenvalue weighted by atomic mass is 16.5. The summed E-state index contributed by atoms with van der Waals surface area (Å²) in [6, 6.07) is 1.63. The van der Waals surface area contributed by atoms with E-state index in [1.165, 1.54) is 4.90 Å². The van der Waals surface area contributed by atoms with Crippen LogP contribution in [0.3, 0.4) is 0 Å². The molecule has 4 amide bonds. The second-order valence-electron chi connectivity index (χ2n) is 5.57. The van der Waals surface area contributed by atoms with E-state index in [0.29, 0.717) is 38.6 Å². The maximum Gasteiger partial charge on any atom is 0.328 e. The minimum atomic E-state index is -0.327. The largest absolute Gasteiger partial charge is 0.458 e. The average Bonchev–Trinajstić information content (AvgIpc) is 3.06. The van der Waals surface area contributed by atoms with Crippen LogP contribution in [-0.4, -0.2) is 64.1 Å². The number of imide groups is 1. The highest BCUT2D eigenvalue weighted by Gasteiger charge is 2.35. The molecule has 0 saturated carbocycles. The first-order valence-electron chi connectivity index (χ1n) is 7.36. The van der Waals surface area contributed by atoms with Crippen molar-refractivity contribution in [2.24, 2.45) is 0 Å². The van der Waals surface area contributed by atoms with Crippen molar-refractivity contribution in [3.63, 3.8) is 0 Å². The first kappa shape index (κ1) is 14.6. The van der Waals surface area contributed by atoms with Gasteiger partial charge in [0.05, 0.1) is 6.54 Å². The van der Waals surface area contributed by atoms with Gasteiger partial charge < -0.3 is 15.0 Å². The van der Waals surface area contributed by atoms with Crippen molar-refractivity contribution in [1.29, 1.82) is 0 Å². The number of ether oxygens (including phenoxy) is 1. The molecular weight excluding hydrogens is 286 g/mol. The zero-order valence-electron chi connectivity index (χ0n) is 12.7. The summed E-state index contributed by atoms with van der Waals surface area (Å²) in [4.78, 5) is 35.2. The first-order valence-corrected chi connectivity index (χ1v) is 7.36. The fourth-order valence-corrected chi connectivity index (χ4v) is 2.72. The Balaban J connectivity index is 1.60. The topological polar surface area (TPSA) is 87.7 Å². The third kappa shape index (κ3) is 2.95. The molecule has 0 radical (unpaired) electrons. The van der Waals surface area contributed by atoms with Crippen molar-refractivity contribution in [2.75, 3.05) is 26.2 Å². The van der Waals surface area contributed by atoms with E-state index in [2.05, 4.69) is 15.3 Å². The Kier molecular flexibility index (Phi) is 3.82. The van der Waals surface area contributed by atoms with Gasteiger partial charge in [0.2, 0.25) is 0 Å². The number of aryl methyl sites for hydroxylation is 2. The number of hydrogen-bond donors (Lipinski definition) is 1. The van der Waals surface area contributed by atoms with E-state index >= 15 is 0 Å². The molecule has 1 atom stereocenters. The number of rotatable bonds is 2. The van der Waals surface area contributed by atoms with Gasteiger partial charge >= 0.3 is 18.1 Å². The van der Waals surface area contributed by atoms with Gasteiger partial charge in [-0.05, 0) is 19.9 Å². The van der Waals surface area contributed by atoms with E-state index in [0.717, 1.165) is 11.4 Å². The Bertz CT molecular complexity index is 586. The average molecular weight is 305 g/mol. The van der Waals surface area contributed by atoms with Crippen LogP contribution in [0.15, 0.2) is 6.07 Å². The highest BCUT2D eigenvalue weighted by molar-refractivity contribution is 5.95. The predicted molar refractivity (Wildman–Crippen MR) is 77.6 cm³/mol. The number of carbonyl (C=O) groups is 2. The standard InChI is InChI=1S/C14H19N5O3/c1-9-7-10(2)17-12(16-9)22-11-3-5-18(8-11)14(21)19-6-4-15-13(19)20/h7,11H,3-6,8H2,1-2H3,(H,15,20)/t11-/m0/s1. The number of urea groups is 2. The van der Waals surface area contributed by atoms with Crippen LogP contribution in [0.4, 0.5) is 9.59 Å². The number of likely N-dealkylation sites (tertiary alicyclic amines) is 1. The first-order chi connectivity index (χ1) is 10.5. The third-order valence-electron chi connectivity index (χ3n) is 3.74. The van der Waals surface area contributed by atoms with Gasteiger partial charge in [-0.3, -0.25) is 0 Å². The van der Waals surface area contributed by atoms with Gasteiger partial charge in [-0.15, -0.1) is 0 Å². The lowest BCUT2D eigenvalue weighted by Crippen LogP contribution is -2.44. The van der Waals surface area contributed by atoms with Crippen LogP contribution in [0.25, 0.3) is 0 Å². The summed E-state index contributed by atoms with van der Waals surface area (Å²) < 4.78 is 5.77. The van der Waals surface area contributed by atoms with E-state index in [1.54, 1.807) is 4.90 Å². The zero-order valence-corrected chi connectivity index (χ0v) is 12.7. The molecule has 22 heavy (non-hydrogen) atoms. The van der Waals surface area contributed by atoms with Crippen molar-refractivity contribution in [3.05, 3.63) is 17.5 Å². The molecular formula is C14H19N5O3. The minimum Gasteiger partial charge on any atom is -0.458 e. The number of aromatic nitrogens is 2. The summed E-state index contributed by atoms with van der Waals surface area (Å²) in [5, 5.41) is 2.63. The van der Waals surface area contributed by atoms with Gasteiger partial charge in [-0.2, -0.15) is 0 Å². The Labute approximate surface area is 128 Å². The van der Waals surface area contributed by atoms with E-state index in [-0.39, 0.29) is 18.2 Å². The highest BCUT2D eigenvalue weighted by Crippen LogP contribution is 2.18. The molecule has 1 aromatic rings. The van der Waals surface area contributed by atoms with Crippen molar-refractivity contribution < 1.29 is 14.3 Å². The molecule has 1 N–H and O–H groups in total. The van der Waals surface area contributed by atoms with Gasteiger partial charge in [0, 0.05) is 37.4 Å². The molecule has 0 aromatic carbocycles. The number of carbonyl (C=O) groups excluding carboxylic acids is 2. The SMILES string of the molecule is Cc1cc(C)nc(O[C@H]2CCN(C(=O)N3CCNC3=O)C2)n1. The normalized spacial score (nSPS) is 21.2. The number of hydrogen-bond acceptors (Lipinski definition) is 5. The molecule has 3 heterocycles. The maximum absolute atomic E-state index is 12.3. The van der Waals surface area contributed by atoms with Gasteiger partial charge in [-0.1, -0.05) is 0 Å². The van der Waals surface area contributed by atoms with Gasteiger partial charge in [0.25, 0.3) is 0 Å². The molecule has 0 aliphatic carbocycles. The van der Waals surface area contributed by atoms with Crippen LogP contribution in [-0.2, 0) is 0 Å². The third-order valence-corrected chi connectivity index (χ3v) is 3.74. The monoisotopic (exact) mass is 305 g/mol. The molecule has 8 nitrogen and oxygen atoms in total. The van der Waals surface area contributed by atoms with Crippen molar-refractivity contribution in [2.45, 2.75) is 26.4 Å². The molecule has 1 aromatic heterocycles. The summed E-state index contributed by atoms with van der Waals surface area (Å²) in [6.45, 7) is 5.71. The maximum atomic E-state index is 12.3. The van der Waals surface area contributed by atoms with E-state index in [4.69, 9.17) is 4.74 Å². The summed E-state index contributed by atoms with van der Waals surface area (Å²) in [5.41, 5.74) is 1.70. The fraction of sp³-hybridized carbons (Fsp3) is 0.571. The van der Waals surface area contributed by atoms with E-state index < -0.39 is 0 Å². The second-order valence-corrected chi connectivity index (χ2v) is 5.57. The van der Waals surface area contributed by atoms with Crippen LogP contribution in [0.2, 0.25) is 0 Å². The lowest BCUT2D eigenvalue weighted by Gasteiger charge is -2.21. The summed E-state index contributed by atoms with van der Waals surface area (Å²) >= 11 is 0. The molecule has 2 saturated heterocycles. The molecule has 0 bridgehead atoms. The van der Waals surface area contributed by atoms with Crippen molar-refractivity contribution >= 4 is 12.1 Å². The molecule has 0 unspecified atom stereocenters. The fourth-order valence-electron chi connectivity index (χ4n) is 2.72. The Morgan fingerprint density at radius 1 is 1.32 bits per heavy atom. The van der Waals surface area contributed by atoms with Crippen LogP contribution in [0.1, 0.15) is 17.8 Å². The Morgan fingerprint density at radius 2 is 2.05 bits per heavy atom. The van der Waals surface area contributed by atoms with Gasteiger partial charge in [0.1, 0.15) is 6.10 Å². The Morgan fingerprint density at radius 3 is 2.68 bits per heavy atom. The van der Waals surface area contributed by atoms with Gasteiger partial charge in [0.15, 0.2) is 0 Å². The lowest BCUT2D eigenvalue weighted by atomic mass is 10.3. The number of nitrogens with one attached hydrogen (secondary N) is 1. The van der Waals surface area contributed by atoms with Gasteiger partial charge in [-0.25, -0.2) is 24.5 Å². The van der Waals surface area contributed by atoms with Crippen LogP contribution in [0.5, 0.6) is 6.01 Å². The molecule has 8 heteroatoms. The number of amides is 4. The second kappa shape index (κ2) is 5.78. The zero-order chi connectivity index (χ0) is 15.7. The Hall–Kier alpha value is -2.38. The van der Waals surface area contributed by atoms with Crippen LogP contribution < -0.4 is 10.1 Å². The van der Waals surface area contributed by atoms with Crippen molar-refractivity contribution in [3.8, 4) is 6.01 Å². The predicted octanol–water partition coefficient (Wildman–Crippen LogP) is 0.692. The van der Waals surface area contributed by atoms with Crippen molar-refractivity contribution in [1.82, 2.24) is 25.1 Å². The smallest absolute Gasteiger partial charge is 0.328 e. The number of nitrogens with zero attached hydrogens (tertiary/aromatic N) is 4. The summed E-state index contributed by atoms with van der Waals surface area (Å²) in [7, 11) is 0. The summed E-state index contributed by atoms with van der Waals surface area (Å²) in [6.07, 6.45) is 0.563. The minimum absolute atomic E-state index is 0.143. The van der Waals surface area contributed by atoms with E-state index in [9.17, 15) is 9.59 Å². The van der Waals surface area contributed by atoms with Crippen LogP contribution in [0, 0.1) is 13.8 Å². The summed E-state index contributed by atoms with van der Waals surface area (Å²) in [5.74, 6) is 0. The van der Waals surface area contributed by atoms with Crippen LogP contribution >= 0.6 is 0 Å². The lowest BCUT2D eigenvalue weighted by molar-refractivity contribution is 0.158. The molecule has 2 aliphatic rings. The molecule has 118 valence electrons. The molecule has 3 rings (SSSR count).